The maximum atomic E-state index is 14.1. The van der Waals surface area contributed by atoms with Gasteiger partial charge in [0, 0.05) is 49.0 Å². The number of allylic oxidation sites excluding steroid dienone is 1. The number of aromatic nitrogens is 8. The highest BCUT2D eigenvalue weighted by Gasteiger charge is 2.30. The monoisotopic (exact) mass is 604 g/mol. The van der Waals surface area contributed by atoms with E-state index >= 15 is 0 Å². The van der Waals surface area contributed by atoms with Crippen molar-refractivity contribution in [3.05, 3.63) is 93.7 Å². The van der Waals surface area contributed by atoms with E-state index in [0.29, 0.717) is 47.3 Å². The minimum Gasteiger partial charge on any atom is -0.332 e. The number of aromatic amines is 1. The lowest BCUT2D eigenvalue weighted by Crippen LogP contribution is -2.39. The van der Waals surface area contributed by atoms with Gasteiger partial charge in [-0.2, -0.15) is 0 Å². The van der Waals surface area contributed by atoms with Crippen LogP contribution >= 0.6 is 0 Å². The van der Waals surface area contributed by atoms with Crippen molar-refractivity contribution in [3.8, 4) is 11.4 Å². The van der Waals surface area contributed by atoms with Crippen LogP contribution in [0.2, 0.25) is 0 Å². The normalized spacial score (nSPS) is 13.3. The first-order valence-electron chi connectivity index (χ1n) is 14.8. The van der Waals surface area contributed by atoms with Crippen molar-refractivity contribution in [2.75, 3.05) is 32.1 Å². The highest BCUT2D eigenvalue weighted by molar-refractivity contribution is 6.11. The Kier molecular flexibility index (Phi) is 6.89. The molecule has 1 saturated carbocycles. The number of aryl methyl sites for hydroxylation is 1. The summed E-state index contributed by atoms with van der Waals surface area (Å²) in [7, 11) is 3.91. The van der Waals surface area contributed by atoms with E-state index in [1.807, 2.05) is 50.2 Å². The van der Waals surface area contributed by atoms with Gasteiger partial charge in [0.15, 0.2) is 11.3 Å². The molecule has 0 unspecified atom stereocenters. The first-order chi connectivity index (χ1) is 21.8. The van der Waals surface area contributed by atoms with Gasteiger partial charge in [0.1, 0.15) is 23.0 Å². The van der Waals surface area contributed by atoms with Gasteiger partial charge in [-0.25, -0.2) is 14.8 Å². The summed E-state index contributed by atoms with van der Waals surface area (Å²) in [6.07, 6.45) is 6.61. The van der Waals surface area contributed by atoms with Crippen molar-refractivity contribution < 1.29 is 4.79 Å². The van der Waals surface area contributed by atoms with Crippen LogP contribution in [0, 0.1) is 6.92 Å². The maximum Gasteiger partial charge on any atom is 0.333 e. The summed E-state index contributed by atoms with van der Waals surface area (Å²) < 4.78 is 4.58. The molecule has 0 atom stereocenters. The average molecular weight is 605 g/mol. The summed E-state index contributed by atoms with van der Waals surface area (Å²) in [5.74, 6) is 1.37. The zero-order valence-electron chi connectivity index (χ0n) is 25.3. The number of anilines is 1. The number of fused-ring (bicyclic) bond motifs is 3. The topological polar surface area (TPSA) is 139 Å². The Bertz CT molecular complexity index is 2250. The summed E-state index contributed by atoms with van der Waals surface area (Å²) in [5, 5.41) is 9.77. The summed E-state index contributed by atoms with van der Waals surface area (Å²) >= 11 is 0. The van der Waals surface area contributed by atoms with Crippen LogP contribution in [0.5, 0.6) is 0 Å². The summed E-state index contributed by atoms with van der Waals surface area (Å²) in [5.41, 5.74) is 1.53. The predicted molar refractivity (Wildman–Crippen MR) is 172 cm³/mol. The minimum atomic E-state index is -0.388. The molecule has 6 aromatic rings. The molecule has 0 bridgehead atoms. The van der Waals surface area contributed by atoms with E-state index in [9.17, 15) is 14.4 Å². The van der Waals surface area contributed by atoms with Gasteiger partial charge in [0.05, 0.1) is 5.56 Å². The molecule has 1 fully saturated rings. The number of nitrogens with zero attached hydrogens (tertiary/aromatic N) is 9. The molecule has 7 rings (SSSR count). The Hall–Kier alpha value is -5.43. The highest BCUT2D eigenvalue weighted by atomic mass is 16.2. The molecule has 1 amide bonds. The summed E-state index contributed by atoms with van der Waals surface area (Å²) in [6.45, 7) is 6.84. The van der Waals surface area contributed by atoms with Gasteiger partial charge in [0.25, 0.3) is 11.5 Å². The van der Waals surface area contributed by atoms with Crippen molar-refractivity contribution in [2.45, 2.75) is 32.4 Å². The zero-order valence-corrected chi connectivity index (χ0v) is 25.3. The molecular weight excluding hydrogens is 572 g/mol. The summed E-state index contributed by atoms with van der Waals surface area (Å²) in [6, 6.07) is 11.1. The molecule has 1 aromatic carbocycles. The third-order valence-corrected chi connectivity index (χ3v) is 8.15. The largest absolute Gasteiger partial charge is 0.333 e. The number of likely N-dealkylation sites (N-methyl/N-ethyl adjacent to an activating group) is 1. The SMILES string of the molecule is C=CCn1c(=O)n(C2CC2)c(=O)c2[nH]c(-c3cnc(N(CCN(C)C)C(=O)c4ccc5nnc(C)n5c4)c4ccccc34)nc21. The van der Waals surface area contributed by atoms with Crippen LogP contribution in [-0.2, 0) is 6.54 Å². The van der Waals surface area contributed by atoms with Gasteiger partial charge in [-0.05, 0) is 51.4 Å². The summed E-state index contributed by atoms with van der Waals surface area (Å²) in [4.78, 5) is 57.3. The fourth-order valence-corrected chi connectivity index (χ4v) is 5.69. The fourth-order valence-electron chi connectivity index (χ4n) is 5.69. The number of amides is 1. The van der Waals surface area contributed by atoms with E-state index in [1.165, 1.54) is 9.13 Å². The second-order valence-corrected chi connectivity index (χ2v) is 11.6. The van der Waals surface area contributed by atoms with Crippen LogP contribution in [0.25, 0.3) is 39.0 Å². The van der Waals surface area contributed by atoms with Crippen LogP contribution < -0.4 is 16.1 Å². The molecule has 5 aromatic heterocycles. The number of pyridine rings is 2. The molecule has 13 heteroatoms. The quantitative estimate of drug-likeness (QED) is 0.248. The molecule has 13 nitrogen and oxygen atoms in total. The average Bonchev–Trinajstić information content (AvgIpc) is 3.66. The smallest absolute Gasteiger partial charge is 0.332 e. The lowest BCUT2D eigenvalue weighted by Gasteiger charge is -2.25. The first-order valence-corrected chi connectivity index (χ1v) is 14.8. The Labute approximate surface area is 257 Å². The van der Waals surface area contributed by atoms with Crippen molar-refractivity contribution in [1.82, 2.24) is 43.6 Å². The Balaban J connectivity index is 1.38. The van der Waals surface area contributed by atoms with Gasteiger partial charge in [0.2, 0.25) is 0 Å². The molecule has 0 saturated heterocycles. The van der Waals surface area contributed by atoms with Gasteiger partial charge in [-0.1, -0.05) is 30.3 Å². The van der Waals surface area contributed by atoms with E-state index in [-0.39, 0.29) is 40.9 Å². The van der Waals surface area contributed by atoms with Crippen LogP contribution in [0.3, 0.4) is 0 Å². The first kappa shape index (κ1) is 28.3. The molecule has 228 valence electrons. The number of H-pyrrole nitrogens is 1. The number of nitrogens with one attached hydrogen (secondary N) is 1. The number of benzene rings is 1. The number of hydrogen-bond donors (Lipinski definition) is 1. The van der Waals surface area contributed by atoms with Gasteiger partial charge in [-0.15, -0.1) is 16.8 Å². The molecule has 0 spiro atoms. The number of hydrogen-bond acceptors (Lipinski definition) is 8. The molecule has 1 N–H and O–H groups in total. The Morgan fingerprint density at radius 2 is 1.87 bits per heavy atom. The van der Waals surface area contributed by atoms with E-state index in [0.717, 1.165) is 23.6 Å². The fraction of sp³-hybridized carbons (Fsp3) is 0.281. The third-order valence-electron chi connectivity index (χ3n) is 8.15. The lowest BCUT2D eigenvalue weighted by atomic mass is 10.1. The van der Waals surface area contributed by atoms with Crippen LogP contribution in [0.15, 0.2) is 71.0 Å². The molecule has 5 heterocycles. The van der Waals surface area contributed by atoms with Crippen molar-refractivity contribution in [3.63, 3.8) is 0 Å². The molecule has 0 radical (unpaired) electrons. The van der Waals surface area contributed by atoms with E-state index in [2.05, 4.69) is 21.8 Å². The van der Waals surface area contributed by atoms with Crippen molar-refractivity contribution in [1.29, 1.82) is 0 Å². The Morgan fingerprint density at radius 1 is 1.09 bits per heavy atom. The lowest BCUT2D eigenvalue weighted by molar-refractivity contribution is 0.0984. The minimum absolute atomic E-state index is 0.0978. The number of carbonyl (C=O) groups is 1. The van der Waals surface area contributed by atoms with Crippen molar-refractivity contribution >= 4 is 39.3 Å². The number of rotatable bonds is 9. The van der Waals surface area contributed by atoms with Crippen LogP contribution in [-0.4, -0.2) is 76.7 Å². The highest BCUT2D eigenvalue weighted by Crippen LogP contribution is 2.34. The molecule has 1 aliphatic carbocycles. The van der Waals surface area contributed by atoms with Crippen molar-refractivity contribution in [2.24, 2.45) is 0 Å². The molecule has 0 aliphatic heterocycles. The number of carbonyl (C=O) groups excluding carboxylic acids is 1. The van der Waals surface area contributed by atoms with E-state index in [1.54, 1.807) is 39.9 Å². The molecule has 1 aliphatic rings. The standard InChI is InChI=1S/C32H32N10O3/c1-5-14-40-29-26(31(44)42(32(40)45)21-11-12-21)34-27(35-29)24-17-33-28(23-9-7-6-8-22(23)24)39(16-15-38(3)4)30(43)20-10-13-25-37-36-19(2)41(25)18-20/h5-10,13,17-18,21H,1,11-12,14-16H2,2-4H3,(H,34,35). The van der Waals surface area contributed by atoms with Crippen LogP contribution in [0.1, 0.15) is 35.1 Å². The maximum absolute atomic E-state index is 14.1. The van der Waals surface area contributed by atoms with Gasteiger partial charge >= 0.3 is 5.69 Å². The second kappa shape index (κ2) is 10.9. The Morgan fingerprint density at radius 3 is 2.60 bits per heavy atom. The third kappa shape index (κ3) is 4.81. The molecular formula is C32H32N10O3. The zero-order chi connectivity index (χ0) is 31.4. The van der Waals surface area contributed by atoms with Gasteiger partial charge in [-0.3, -0.25) is 28.0 Å². The molecule has 45 heavy (non-hydrogen) atoms. The predicted octanol–water partition coefficient (Wildman–Crippen LogP) is 3.18. The number of imidazole rings is 1. The van der Waals surface area contributed by atoms with E-state index in [4.69, 9.17) is 9.97 Å². The second-order valence-electron chi connectivity index (χ2n) is 11.6. The van der Waals surface area contributed by atoms with E-state index < -0.39 is 0 Å². The van der Waals surface area contributed by atoms with Crippen LogP contribution in [0.4, 0.5) is 5.82 Å². The van der Waals surface area contributed by atoms with Gasteiger partial charge < -0.3 is 9.88 Å².